The highest BCUT2D eigenvalue weighted by Crippen LogP contribution is 2.55. The summed E-state index contributed by atoms with van der Waals surface area (Å²) in [6.07, 6.45) is 7.08. The molecule has 0 unspecified atom stereocenters. The molecule has 9 heteroatoms. The van der Waals surface area contributed by atoms with E-state index in [-0.39, 0.29) is 36.1 Å². The smallest absolute Gasteiger partial charge is 0.246 e. The van der Waals surface area contributed by atoms with Gasteiger partial charge in [0, 0.05) is 18.3 Å². The molecule has 1 spiro atoms. The highest BCUT2D eigenvalue weighted by molar-refractivity contribution is 6.02. The van der Waals surface area contributed by atoms with Crippen LogP contribution in [0.25, 0.3) is 0 Å². The Bertz CT molecular complexity index is 1350. The number of fused-ring (bicyclic) bond motifs is 1. The summed E-state index contributed by atoms with van der Waals surface area (Å²) in [5.41, 5.74) is 0.00671. The number of hydrogen-bond donors (Lipinski definition) is 2. The molecule has 0 radical (unpaired) electrons. The van der Waals surface area contributed by atoms with Crippen molar-refractivity contribution in [1.29, 1.82) is 0 Å². The molecule has 3 amide bonds. The first-order chi connectivity index (χ1) is 19.8. The van der Waals surface area contributed by atoms with Crippen LogP contribution in [0.2, 0.25) is 0 Å². The van der Waals surface area contributed by atoms with Crippen LogP contribution in [0.1, 0.15) is 45.1 Å². The molecule has 6 rings (SSSR count). The highest BCUT2D eigenvalue weighted by atomic mass is 19.1. The summed E-state index contributed by atoms with van der Waals surface area (Å²) < 4.78 is 25.6. The van der Waals surface area contributed by atoms with Gasteiger partial charge in [-0.25, -0.2) is 4.39 Å². The lowest BCUT2D eigenvalue weighted by atomic mass is 9.74. The molecule has 41 heavy (non-hydrogen) atoms. The van der Waals surface area contributed by atoms with E-state index in [1.165, 1.54) is 17.0 Å². The summed E-state index contributed by atoms with van der Waals surface area (Å²) in [6.45, 7) is 4.67. The number of nitrogens with zero attached hydrogens (tertiary/aromatic N) is 1. The molecule has 2 saturated heterocycles. The molecular weight excluding hydrogens is 525 g/mol. The van der Waals surface area contributed by atoms with Crippen LogP contribution >= 0.6 is 0 Å². The number of benzene rings is 2. The number of ether oxygens (including phenoxy) is 2. The van der Waals surface area contributed by atoms with Crippen molar-refractivity contribution in [3.63, 3.8) is 0 Å². The fourth-order valence-corrected chi connectivity index (χ4v) is 7.04. The molecule has 8 nitrogen and oxygen atoms in total. The fraction of sp³-hybridized carbons (Fsp3) is 0.469. The molecule has 2 N–H and O–H groups in total. The van der Waals surface area contributed by atoms with Crippen LogP contribution in [0.5, 0.6) is 5.75 Å². The maximum absolute atomic E-state index is 14.2. The first-order valence-corrected chi connectivity index (χ1v) is 14.6. The van der Waals surface area contributed by atoms with Crippen LogP contribution in [0.3, 0.4) is 0 Å². The van der Waals surface area contributed by atoms with Crippen LogP contribution in [0, 0.1) is 23.6 Å². The van der Waals surface area contributed by atoms with Gasteiger partial charge in [-0.3, -0.25) is 14.4 Å². The zero-order valence-electron chi connectivity index (χ0n) is 23.3. The van der Waals surface area contributed by atoms with Gasteiger partial charge in [0.2, 0.25) is 17.7 Å². The van der Waals surface area contributed by atoms with Crippen molar-refractivity contribution in [2.24, 2.45) is 17.8 Å². The predicted octanol–water partition coefficient (Wildman–Crippen LogP) is 4.21. The molecule has 1 aliphatic carbocycles. The van der Waals surface area contributed by atoms with Gasteiger partial charge in [0.25, 0.3) is 0 Å². The number of likely N-dealkylation sites (tertiary alicyclic amines) is 1. The quantitative estimate of drug-likeness (QED) is 0.471. The second-order valence-electron chi connectivity index (χ2n) is 11.6. The Morgan fingerprint density at radius 1 is 1.07 bits per heavy atom. The second kappa shape index (κ2) is 10.9. The van der Waals surface area contributed by atoms with Crippen molar-refractivity contribution in [2.75, 3.05) is 11.9 Å². The van der Waals surface area contributed by atoms with Crippen LogP contribution in [-0.2, 0) is 25.7 Å². The van der Waals surface area contributed by atoms with Crippen molar-refractivity contribution >= 4 is 23.4 Å². The summed E-state index contributed by atoms with van der Waals surface area (Å²) in [4.78, 5) is 43.4. The van der Waals surface area contributed by atoms with Crippen molar-refractivity contribution in [2.45, 2.75) is 69.9 Å². The molecule has 3 aliphatic heterocycles. The number of hydrogen-bond acceptors (Lipinski definition) is 5. The number of rotatable bonds is 8. The van der Waals surface area contributed by atoms with E-state index >= 15 is 0 Å². The standard InChI is InChI=1S/C32H36FN3O5/c1-3-40-23-14-12-22(13-15-23)34-29(37)26-25-16-17-32(41-25)27(26)31(39)36(18-20-8-10-21(33)11-9-20)28(32)30(38)35-24-7-5-4-6-19(24)2/h8-17,19,24-28H,3-7,18H2,1-2H3,(H,34,37)(H,35,38)/t19-,24-,25+,26-,27+,28+,32+/m1/s1. The number of carbonyl (C=O) groups is 3. The van der Waals surface area contributed by atoms with Crippen molar-refractivity contribution in [1.82, 2.24) is 10.2 Å². The molecule has 0 aromatic heterocycles. The van der Waals surface area contributed by atoms with E-state index in [1.54, 1.807) is 48.6 Å². The van der Waals surface area contributed by atoms with Crippen LogP contribution < -0.4 is 15.4 Å². The lowest BCUT2D eigenvalue weighted by molar-refractivity contribution is -0.142. The van der Waals surface area contributed by atoms with Gasteiger partial charge >= 0.3 is 0 Å². The Kier molecular flexibility index (Phi) is 7.32. The lowest BCUT2D eigenvalue weighted by Gasteiger charge is -2.36. The fourth-order valence-electron chi connectivity index (χ4n) is 7.04. The third-order valence-corrected chi connectivity index (χ3v) is 9.06. The van der Waals surface area contributed by atoms with E-state index in [4.69, 9.17) is 9.47 Å². The molecule has 3 fully saturated rings. The highest BCUT2D eigenvalue weighted by Gasteiger charge is 2.72. The monoisotopic (exact) mass is 561 g/mol. The normalized spacial score (nSPS) is 31.7. The minimum atomic E-state index is -1.26. The molecule has 7 atom stereocenters. The minimum absolute atomic E-state index is 0.0100. The zero-order chi connectivity index (χ0) is 28.7. The molecule has 2 aromatic rings. The summed E-state index contributed by atoms with van der Waals surface area (Å²) in [6, 6.07) is 12.0. The van der Waals surface area contributed by atoms with Crippen LogP contribution in [-0.4, -0.2) is 53.0 Å². The van der Waals surface area contributed by atoms with E-state index < -0.39 is 29.6 Å². The molecule has 2 aromatic carbocycles. The third kappa shape index (κ3) is 4.90. The SMILES string of the molecule is CCOc1ccc(NC(=O)[C@@H]2[C@@H]3C=C[C@]4(O3)[C@@H]2C(=O)N(Cc2ccc(F)cc2)[C@H]4C(=O)N[C@@H]2CCCC[C@H]2C)cc1. The molecule has 3 heterocycles. The van der Waals surface area contributed by atoms with Crippen molar-refractivity contribution in [3.8, 4) is 5.75 Å². The Hall–Kier alpha value is -3.72. The minimum Gasteiger partial charge on any atom is -0.494 e. The van der Waals surface area contributed by atoms with Crippen LogP contribution in [0.4, 0.5) is 10.1 Å². The largest absolute Gasteiger partial charge is 0.494 e. The van der Waals surface area contributed by atoms with E-state index in [1.807, 2.05) is 6.92 Å². The average Bonchev–Trinajstić information content (AvgIpc) is 3.60. The van der Waals surface area contributed by atoms with Gasteiger partial charge in [-0.2, -0.15) is 0 Å². The first kappa shape index (κ1) is 27.4. The Balaban J connectivity index is 1.29. The number of anilines is 1. The van der Waals surface area contributed by atoms with Crippen molar-refractivity contribution < 1.29 is 28.2 Å². The Labute approximate surface area is 239 Å². The van der Waals surface area contributed by atoms with E-state index in [0.717, 1.165) is 25.7 Å². The van der Waals surface area contributed by atoms with Gasteiger partial charge < -0.3 is 25.0 Å². The molecule has 1 saturated carbocycles. The van der Waals surface area contributed by atoms with Gasteiger partial charge in [0.15, 0.2) is 0 Å². The number of nitrogens with one attached hydrogen (secondary N) is 2. The summed E-state index contributed by atoms with van der Waals surface area (Å²) in [7, 11) is 0. The molecule has 2 bridgehead atoms. The Morgan fingerprint density at radius 2 is 1.80 bits per heavy atom. The number of halogens is 1. The van der Waals surface area contributed by atoms with Gasteiger partial charge in [0.1, 0.15) is 23.2 Å². The zero-order valence-corrected chi connectivity index (χ0v) is 23.3. The maximum Gasteiger partial charge on any atom is 0.246 e. The van der Waals surface area contributed by atoms with Gasteiger partial charge in [0.05, 0.1) is 24.5 Å². The van der Waals surface area contributed by atoms with Gasteiger partial charge in [-0.15, -0.1) is 0 Å². The summed E-state index contributed by atoms with van der Waals surface area (Å²) in [5.74, 6) is -1.96. The second-order valence-corrected chi connectivity index (χ2v) is 11.6. The number of amides is 3. The average molecular weight is 562 g/mol. The van der Waals surface area contributed by atoms with Gasteiger partial charge in [-0.1, -0.05) is 44.1 Å². The van der Waals surface area contributed by atoms with Crippen molar-refractivity contribution in [3.05, 3.63) is 72.1 Å². The van der Waals surface area contributed by atoms with E-state index in [2.05, 4.69) is 17.6 Å². The molecule has 4 aliphatic rings. The molecule has 216 valence electrons. The summed E-state index contributed by atoms with van der Waals surface area (Å²) in [5, 5.41) is 6.16. The van der Waals surface area contributed by atoms with Gasteiger partial charge in [-0.05, 0) is 67.6 Å². The van der Waals surface area contributed by atoms with E-state index in [0.29, 0.717) is 29.5 Å². The maximum atomic E-state index is 14.2. The number of carbonyl (C=O) groups excluding carboxylic acids is 3. The molecular formula is C32H36FN3O5. The first-order valence-electron chi connectivity index (χ1n) is 14.6. The predicted molar refractivity (Wildman–Crippen MR) is 150 cm³/mol. The third-order valence-electron chi connectivity index (χ3n) is 9.06. The topological polar surface area (TPSA) is 97.0 Å². The Morgan fingerprint density at radius 3 is 2.51 bits per heavy atom. The lowest BCUT2D eigenvalue weighted by Crippen LogP contribution is -2.57. The summed E-state index contributed by atoms with van der Waals surface area (Å²) >= 11 is 0. The van der Waals surface area contributed by atoms with E-state index in [9.17, 15) is 18.8 Å². The van der Waals surface area contributed by atoms with Crippen LogP contribution in [0.15, 0.2) is 60.7 Å².